The van der Waals surface area contributed by atoms with Crippen LogP contribution >= 0.6 is 0 Å². The van der Waals surface area contributed by atoms with Crippen molar-refractivity contribution in [2.24, 2.45) is 5.41 Å². The lowest BCUT2D eigenvalue weighted by Crippen LogP contribution is -2.45. The van der Waals surface area contributed by atoms with Gasteiger partial charge in [0, 0.05) is 6.54 Å². The molecule has 0 aromatic rings. The van der Waals surface area contributed by atoms with Crippen LogP contribution in [-0.2, 0) is 4.79 Å². The minimum atomic E-state index is -1.06. The highest BCUT2D eigenvalue weighted by Gasteiger charge is 2.39. The average molecular weight is 173 g/mol. The summed E-state index contributed by atoms with van der Waals surface area (Å²) in [5, 5.41) is 11.8. The molecule has 0 amide bonds. The molecule has 1 fully saturated rings. The third-order valence-corrected chi connectivity index (χ3v) is 2.36. The fourth-order valence-electron chi connectivity index (χ4n) is 1.34. The van der Waals surface area contributed by atoms with E-state index < -0.39 is 11.4 Å². The lowest BCUT2D eigenvalue weighted by Gasteiger charge is -2.31. The lowest BCUT2D eigenvalue weighted by molar-refractivity contribution is -0.146. The molecule has 0 bridgehead atoms. The summed E-state index contributed by atoms with van der Waals surface area (Å²) in [7, 11) is 0. The summed E-state index contributed by atoms with van der Waals surface area (Å²) in [6.45, 7) is 2.49. The molecule has 3 nitrogen and oxygen atoms in total. The number of rotatable bonds is 1. The van der Waals surface area contributed by atoms with Crippen LogP contribution in [0.2, 0.25) is 0 Å². The third kappa shape index (κ3) is 1.34. The van der Waals surface area contributed by atoms with Crippen LogP contribution in [0.1, 0.15) is 13.3 Å². The van der Waals surface area contributed by atoms with Crippen LogP contribution < -0.4 is 5.32 Å². The quantitative estimate of drug-likeness (QED) is 0.620. The molecule has 2 N–H and O–H groups in total. The van der Waals surface area contributed by atoms with E-state index in [-0.39, 0.29) is 0 Å². The Hall–Kier alpha value is -0.900. The maximum atomic E-state index is 12.3. The topological polar surface area (TPSA) is 49.3 Å². The first kappa shape index (κ1) is 9.19. The van der Waals surface area contributed by atoms with Crippen molar-refractivity contribution in [1.82, 2.24) is 5.32 Å². The van der Waals surface area contributed by atoms with Gasteiger partial charge in [0.2, 0.25) is 0 Å². The maximum Gasteiger partial charge on any atom is 0.314 e. The Morgan fingerprint density at radius 1 is 1.83 bits per heavy atom. The van der Waals surface area contributed by atoms with Gasteiger partial charge in [-0.3, -0.25) is 4.79 Å². The fraction of sp³-hybridized carbons (Fsp3) is 0.625. The van der Waals surface area contributed by atoms with Crippen LogP contribution in [0.15, 0.2) is 11.9 Å². The third-order valence-electron chi connectivity index (χ3n) is 2.36. The van der Waals surface area contributed by atoms with Crippen molar-refractivity contribution >= 4 is 5.97 Å². The number of hydrogen-bond donors (Lipinski definition) is 2. The first-order valence-electron chi connectivity index (χ1n) is 3.85. The van der Waals surface area contributed by atoms with Crippen molar-refractivity contribution in [1.29, 1.82) is 0 Å². The highest BCUT2D eigenvalue weighted by Crippen LogP contribution is 2.31. The molecule has 0 saturated carbocycles. The molecule has 0 aliphatic carbocycles. The number of carboxylic acid groups (broad SMARTS) is 1. The molecule has 68 valence electrons. The zero-order valence-electron chi connectivity index (χ0n) is 6.93. The Labute approximate surface area is 70.3 Å². The van der Waals surface area contributed by atoms with Crippen LogP contribution in [0, 0.1) is 5.41 Å². The molecule has 12 heavy (non-hydrogen) atoms. The highest BCUT2D eigenvalue weighted by atomic mass is 19.1. The summed E-state index contributed by atoms with van der Waals surface area (Å²) in [5.74, 6) is -0.974. The zero-order valence-corrected chi connectivity index (χ0v) is 6.93. The number of carbonyl (C=O) groups is 1. The Bertz CT molecular complexity index is 227. The minimum absolute atomic E-state index is 0.304. The molecule has 0 spiro atoms. The Balaban J connectivity index is 2.91. The summed E-state index contributed by atoms with van der Waals surface area (Å²) in [4.78, 5) is 10.8. The Morgan fingerprint density at radius 2 is 2.50 bits per heavy atom. The second kappa shape index (κ2) is 3.23. The molecular formula is C8H12FNO2. The van der Waals surface area contributed by atoms with E-state index in [1.54, 1.807) is 0 Å². The normalized spacial score (nSPS) is 33.7. The molecular weight excluding hydrogens is 161 g/mol. The van der Waals surface area contributed by atoms with E-state index in [2.05, 4.69) is 5.32 Å². The van der Waals surface area contributed by atoms with Gasteiger partial charge in [-0.2, -0.15) is 0 Å². The molecule has 1 rings (SSSR count). The van der Waals surface area contributed by atoms with E-state index in [0.717, 1.165) is 0 Å². The Morgan fingerprint density at radius 3 is 2.92 bits per heavy atom. The van der Waals surface area contributed by atoms with Gasteiger partial charge in [-0.15, -0.1) is 0 Å². The van der Waals surface area contributed by atoms with Crippen molar-refractivity contribution in [3.8, 4) is 0 Å². The van der Waals surface area contributed by atoms with E-state index in [1.807, 2.05) is 0 Å². The monoisotopic (exact) mass is 173 g/mol. The molecule has 1 atom stereocenters. The van der Waals surface area contributed by atoms with Gasteiger partial charge in [-0.25, -0.2) is 4.39 Å². The molecule has 0 aromatic heterocycles. The number of carboxylic acids is 1. The van der Waals surface area contributed by atoms with Gasteiger partial charge in [0.25, 0.3) is 0 Å². The first-order valence-corrected chi connectivity index (χ1v) is 3.85. The van der Waals surface area contributed by atoms with Crippen molar-refractivity contribution in [3.63, 3.8) is 0 Å². The van der Waals surface area contributed by atoms with E-state index in [9.17, 15) is 9.18 Å². The van der Waals surface area contributed by atoms with Gasteiger partial charge in [0.15, 0.2) is 0 Å². The number of piperidine rings is 1. The van der Waals surface area contributed by atoms with Crippen LogP contribution in [0.25, 0.3) is 0 Å². The highest BCUT2D eigenvalue weighted by molar-refractivity contribution is 5.78. The predicted molar refractivity (Wildman–Crippen MR) is 42.4 cm³/mol. The van der Waals surface area contributed by atoms with Gasteiger partial charge in [-0.1, -0.05) is 0 Å². The summed E-state index contributed by atoms with van der Waals surface area (Å²) in [6.07, 6.45) is 0.897. The van der Waals surface area contributed by atoms with Crippen LogP contribution in [-0.4, -0.2) is 24.2 Å². The van der Waals surface area contributed by atoms with Crippen molar-refractivity contribution in [3.05, 3.63) is 11.9 Å². The second-order valence-electron chi connectivity index (χ2n) is 3.20. The molecule has 0 radical (unpaired) electrons. The molecule has 1 saturated heterocycles. The average Bonchev–Trinajstić information content (AvgIpc) is 2.05. The number of hydrogen-bond acceptors (Lipinski definition) is 2. The minimum Gasteiger partial charge on any atom is -0.481 e. The molecule has 1 heterocycles. The van der Waals surface area contributed by atoms with Gasteiger partial charge in [0.1, 0.15) is 5.41 Å². The van der Waals surface area contributed by atoms with E-state index >= 15 is 0 Å². The van der Waals surface area contributed by atoms with Crippen LogP contribution in [0.5, 0.6) is 0 Å². The first-order chi connectivity index (χ1) is 5.61. The van der Waals surface area contributed by atoms with E-state index in [1.165, 1.54) is 6.92 Å². The Kier molecular flexibility index (Phi) is 2.47. The second-order valence-corrected chi connectivity index (χ2v) is 3.20. The maximum absolute atomic E-state index is 12.3. The summed E-state index contributed by atoms with van der Waals surface area (Å²) < 4.78 is 12.3. The number of aliphatic carboxylic acids is 1. The smallest absolute Gasteiger partial charge is 0.314 e. The molecule has 0 aromatic carbocycles. The summed E-state index contributed by atoms with van der Waals surface area (Å²) in [5.41, 5.74) is -0.693. The standard InChI is InChI=1S/C8H12FNO2/c1-8(7(11)12)5-10-3-2-6(8)4-9/h4,10H,2-3,5H2,1H3,(H,11,12)/b6-4+. The molecule has 1 unspecified atom stereocenters. The molecule has 1 aliphatic rings. The van der Waals surface area contributed by atoms with E-state index in [4.69, 9.17) is 5.11 Å². The van der Waals surface area contributed by atoms with Gasteiger partial charge in [-0.05, 0) is 25.5 Å². The summed E-state index contributed by atoms with van der Waals surface area (Å²) in [6, 6.07) is 0. The predicted octanol–water partition coefficient (Wildman–Crippen LogP) is 0.924. The van der Waals surface area contributed by atoms with Crippen LogP contribution in [0.3, 0.4) is 0 Å². The number of halogens is 1. The fourth-order valence-corrected chi connectivity index (χ4v) is 1.34. The van der Waals surface area contributed by atoms with Gasteiger partial charge >= 0.3 is 5.97 Å². The lowest BCUT2D eigenvalue weighted by atomic mass is 9.79. The SMILES string of the molecule is CC1(C(=O)O)CNCC/C1=C\F. The largest absolute Gasteiger partial charge is 0.481 e. The van der Waals surface area contributed by atoms with Gasteiger partial charge in [0.05, 0.1) is 6.33 Å². The van der Waals surface area contributed by atoms with Gasteiger partial charge < -0.3 is 10.4 Å². The van der Waals surface area contributed by atoms with E-state index in [0.29, 0.717) is 31.4 Å². The summed E-state index contributed by atoms with van der Waals surface area (Å²) >= 11 is 0. The molecule has 1 aliphatic heterocycles. The van der Waals surface area contributed by atoms with Crippen LogP contribution in [0.4, 0.5) is 4.39 Å². The molecule has 4 heteroatoms. The van der Waals surface area contributed by atoms with Crippen molar-refractivity contribution < 1.29 is 14.3 Å². The zero-order chi connectivity index (χ0) is 9.19. The number of nitrogens with one attached hydrogen (secondary N) is 1. The van der Waals surface area contributed by atoms with Crippen molar-refractivity contribution in [2.45, 2.75) is 13.3 Å². The van der Waals surface area contributed by atoms with Crippen molar-refractivity contribution in [2.75, 3.05) is 13.1 Å².